The van der Waals surface area contributed by atoms with Crippen molar-refractivity contribution in [2.75, 3.05) is 26.7 Å². The van der Waals surface area contributed by atoms with E-state index in [-0.39, 0.29) is 0 Å². The molecule has 1 unspecified atom stereocenters. The number of nitrogens with zero attached hydrogens (tertiary/aromatic N) is 3. The Balaban J connectivity index is 1.77. The van der Waals surface area contributed by atoms with Gasteiger partial charge in [0.25, 0.3) is 0 Å². The van der Waals surface area contributed by atoms with Crippen LogP contribution in [0.1, 0.15) is 31.5 Å². The molecular weight excluding hydrogens is 216 g/mol. The topological polar surface area (TPSA) is 54.2 Å². The molecule has 5 nitrogen and oxygen atoms in total. The lowest BCUT2D eigenvalue weighted by Crippen LogP contribution is -2.36. The van der Waals surface area contributed by atoms with Crippen LogP contribution in [0.3, 0.4) is 0 Å². The van der Waals surface area contributed by atoms with Crippen molar-refractivity contribution in [3.63, 3.8) is 0 Å². The van der Waals surface area contributed by atoms with E-state index in [0.29, 0.717) is 0 Å². The number of aryl methyl sites for hydroxylation is 1. The van der Waals surface area contributed by atoms with Crippen molar-refractivity contribution < 1.29 is 4.42 Å². The minimum atomic E-state index is 0.729. The number of hydrogen-bond donors (Lipinski definition) is 1. The van der Waals surface area contributed by atoms with Crippen LogP contribution >= 0.6 is 0 Å². The lowest BCUT2D eigenvalue weighted by atomic mass is 9.99. The number of nitrogens with one attached hydrogen (secondary N) is 1. The largest absolute Gasteiger partial charge is 0.424 e. The van der Waals surface area contributed by atoms with Crippen molar-refractivity contribution >= 4 is 0 Å². The Morgan fingerprint density at radius 3 is 2.88 bits per heavy atom. The summed E-state index contributed by atoms with van der Waals surface area (Å²) in [6.45, 7) is 6.17. The molecule has 2 rings (SSSR count). The van der Waals surface area contributed by atoms with Gasteiger partial charge in [-0.2, -0.15) is 0 Å². The number of piperidine rings is 1. The monoisotopic (exact) mass is 238 g/mol. The molecule has 0 amide bonds. The summed E-state index contributed by atoms with van der Waals surface area (Å²) < 4.78 is 5.51. The summed E-state index contributed by atoms with van der Waals surface area (Å²) in [6, 6.07) is 0. The summed E-state index contributed by atoms with van der Waals surface area (Å²) in [6.07, 6.45) is 3.42. The van der Waals surface area contributed by atoms with E-state index in [4.69, 9.17) is 4.42 Å². The second kappa shape index (κ2) is 6.12. The Bertz CT molecular complexity index is 333. The van der Waals surface area contributed by atoms with Crippen LogP contribution in [0.5, 0.6) is 0 Å². The van der Waals surface area contributed by atoms with Gasteiger partial charge >= 0.3 is 0 Å². The minimum Gasteiger partial charge on any atom is -0.424 e. The molecule has 1 fully saturated rings. The fourth-order valence-electron chi connectivity index (χ4n) is 2.31. The summed E-state index contributed by atoms with van der Waals surface area (Å²) in [4.78, 5) is 2.27. The summed E-state index contributed by atoms with van der Waals surface area (Å²) in [5.41, 5.74) is 0. The van der Waals surface area contributed by atoms with E-state index in [0.717, 1.165) is 43.8 Å². The predicted molar refractivity (Wildman–Crippen MR) is 65.6 cm³/mol. The Kier molecular flexibility index (Phi) is 4.50. The normalized spacial score (nSPS) is 21.0. The number of rotatable bonds is 5. The van der Waals surface area contributed by atoms with Crippen molar-refractivity contribution in [3.05, 3.63) is 11.8 Å². The fourth-order valence-corrected chi connectivity index (χ4v) is 2.31. The third-order valence-corrected chi connectivity index (χ3v) is 3.19. The number of hydrogen-bond acceptors (Lipinski definition) is 5. The van der Waals surface area contributed by atoms with Crippen LogP contribution in [0.15, 0.2) is 4.42 Å². The molecule has 0 aromatic carbocycles. The van der Waals surface area contributed by atoms with Gasteiger partial charge in [0.1, 0.15) is 0 Å². The molecule has 1 N–H and O–H groups in total. The van der Waals surface area contributed by atoms with Crippen LogP contribution in [0.2, 0.25) is 0 Å². The zero-order chi connectivity index (χ0) is 12.1. The molecule has 0 bridgehead atoms. The maximum atomic E-state index is 5.51. The Morgan fingerprint density at radius 2 is 2.24 bits per heavy atom. The zero-order valence-electron chi connectivity index (χ0n) is 10.8. The molecule has 0 spiro atoms. The molecule has 1 aromatic rings. The highest BCUT2D eigenvalue weighted by Gasteiger charge is 2.16. The van der Waals surface area contributed by atoms with Crippen molar-refractivity contribution in [2.24, 2.45) is 5.92 Å². The molecular formula is C12H22N4O. The third kappa shape index (κ3) is 3.78. The van der Waals surface area contributed by atoms with Crippen molar-refractivity contribution in [2.45, 2.75) is 32.7 Å². The smallest absolute Gasteiger partial charge is 0.230 e. The molecule has 0 radical (unpaired) electrons. The second-order valence-electron chi connectivity index (χ2n) is 4.85. The Labute approximate surface area is 103 Å². The molecule has 1 aliphatic rings. The van der Waals surface area contributed by atoms with Gasteiger partial charge in [-0.25, -0.2) is 0 Å². The molecule has 1 aliphatic heterocycles. The van der Waals surface area contributed by atoms with E-state index in [2.05, 4.69) is 27.5 Å². The quantitative estimate of drug-likeness (QED) is 0.831. The highest BCUT2D eigenvalue weighted by molar-refractivity contribution is 4.81. The highest BCUT2D eigenvalue weighted by atomic mass is 16.4. The van der Waals surface area contributed by atoms with Gasteiger partial charge in [0.2, 0.25) is 11.8 Å². The van der Waals surface area contributed by atoms with Gasteiger partial charge in [0, 0.05) is 13.0 Å². The molecule has 1 aromatic heterocycles. The van der Waals surface area contributed by atoms with Gasteiger partial charge in [-0.05, 0) is 38.9 Å². The van der Waals surface area contributed by atoms with Gasteiger partial charge in [0.05, 0.1) is 6.54 Å². The van der Waals surface area contributed by atoms with Gasteiger partial charge in [-0.15, -0.1) is 10.2 Å². The van der Waals surface area contributed by atoms with Crippen LogP contribution < -0.4 is 5.32 Å². The van der Waals surface area contributed by atoms with E-state index in [9.17, 15) is 0 Å². The highest BCUT2D eigenvalue weighted by Crippen LogP contribution is 2.12. The average Bonchev–Trinajstić information content (AvgIpc) is 2.78. The van der Waals surface area contributed by atoms with E-state index in [1.807, 2.05) is 6.92 Å². The average molecular weight is 238 g/mol. The summed E-state index contributed by atoms with van der Waals surface area (Å²) in [5, 5.41) is 11.5. The zero-order valence-corrected chi connectivity index (χ0v) is 10.8. The third-order valence-electron chi connectivity index (χ3n) is 3.19. The standard InChI is InChI=1S/C12H22N4O/c1-3-11-14-15-12(17-11)9-16(2)8-10-5-4-6-13-7-10/h10,13H,3-9H2,1-2H3. The molecule has 2 heterocycles. The molecule has 0 saturated carbocycles. The maximum absolute atomic E-state index is 5.51. The summed E-state index contributed by atoms with van der Waals surface area (Å²) in [5.74, 6) is 2.21. The van der Waals surface area contributed by atoms with Gasteiger partial charge in [-0.1, -0.05) is 6.92 Å². The van der Waals surface area contributed by atoms with Gasteiger partial charge < -0.3 is 9.73 Å². The molecule has 96 valence electrons. The molecule has 0 aliphatic carbocycles. The SMILES string of the molecule is CCc1nnc(CN(C)CC2CCCNC2)o1. The predicted octanol–water partition coefficient (Wildman–Crippen LogP) is 1.06. The van der Waals surface area contributed by atoms with Gasteiger partial charge in [-0.3, -0.25) is 4.90 Å². The first-order chi connectivity index (χ1) is 8.28. The summed E-state index contributed by atoms with van der Waals surface area (Å²) in [7, 11) is 2.12. The van der Waals surface area contributed by atoms with Crippen molar-refractivity contribution in [1.82, 2.24) is 20.4 Å². The second-order valence-corrected chi connectivity index (χ2v) is 4.85. The van der Waals surface area contributed by atoms with Crippen LogP contribution in [0.25, 0.3) is 0 Å². The fraction of sp³-hybridized carbons (Fsp3) is 0.833. The van der Waals surface area contributed by atoms with Crippen LogP contribution in [-0.4, -0.2) is 41.8 Å². The van der Waals surface area contributed by atoms with E-state index in [1.54, 1.807) is 0 Å². The van der Waals surface area contributed by atoms with Crippen molar-refractivity contribution in [1.29, 1.82) is 0 Å². The molecule has 5 heteroatoms. The first-order valence-corrected chi connectivity index (χ1v) is 6.48. The van der Waals surface area contributed by atoms with Gasteiger partial charge in [0.15, 0.2) is 0 Å². The minimum absolute atomic E-state index is 0.729. The Hall–Kier alpha value is -0.940. The van der Waals surface area contributed by atoms with Crippen LogP contribution in [-0.2, 0) is 13.0 Å². The van der Waals surface area contributed by atoms with E-state index in [1.165, 1.54) is 19.4 Å². The first-order valence-electron chi connectivity index (χ1n) is 6.48. The van der Waals surface area contributed by atoms with Crippen LogP contribution in [0.4, 0.5) is 0 Å². The Morgan fingerprint density at radius 1 is 1.41 bits per heavy atom. The maximum Gasteiger partial charge on any atom is 0.230 e. The lowest BCUT2D eigenvalue weighted by molar-refractivity contribution is 0.219. The van der Waals surface area contributed by atoms with Crippen LogP contribution in [0, 0.1) is 5.92 Å². The van der Waals surface area contributed by atoms with Crippen molar-refractivity contribution in [3.8, 4) is 0 Å². The van der Waals surface area contributed by atoms with E-state index >= 15 is 0 Å². The summed E-state index contributed by atoms with van der Waals surface area (Å²) >= 11 is 0. The first kappa shape index (κ1) is 12.5. The van der Waals surface area contributed by atoms with E-state index < -0.39 is 0 Å². The molecule has 17 heavy (non-hydrogen) atoms. The lowest BCUT2D eigenvalue weighted by Gasteiger charge is -2.26. The molecule has 1 saturated heterocycles. The molecule has 1 atom stereocenters. The number of aromatic nitrogens is 2.